The number of ether oxygens (including phenoxy) is 3. The van der Waals surface area contributed by atoms with Gasteiger partial charge in [-0.25, -0.2) is 0 Å². The topological polar surface area (TPSA) is 60.7 Å². The Kier molecular flexibility index (Phi) is 22.1. The average molecular weight is 473 g/mol. The Morgan fingerprint density at radius 3 is 2.09 bits per heavy atom. The minimum Gasteiger partial charge on any atom is -1.00 e. The van der Waals surface area contributed by atoms with Crippen LogP contribution in [0.3, 0.4) is 0 Å². The van der Waals surface area contributed by atoms with Gasteiger partial charge in [0.05, 0.1) is 6.61 Å². The summed E-state index contributed by atoms with van der Waals surface area (Å²) in [4.78, 5) is 12.3. The molecule has 0 bridgehead atoms. The van der Waals surface area contributed by atoms with E-state index >= 15 is 0 Å². The van der Waals surface area contributed by atoms with E-state index in [0.717, 1.165) is 19.4 Å². The van der Waals surface area contributed by atoms with E-state index in [4.69, 9.17) is 14.2 Å². The minimum atomic E-state index is -0.166. The largest absolute Gasteiger partial charge is 1.00 e. The molecule has 7 heteroatoms. The third-order valence-electron chi connectivity index (χ3n) is 5.15. The maximum Gasteiger partial charge on any atom is 0.259 e. The number of carbonyl (C=O) groups excluding carboxylic acids is 1. The van der Waals surface area contributed by atoms with Gasteiger partial charge >= 0.3 is 0 Å². The van der Waals surface area contributed by atoms with E-state index in [2.05, 4.69) is 19.2 Å². The molecule has 0 radical (unpaired) electrons. The highest BCUT2D eigenvalue weighted by molar-refractivity contribution is 5.93. The van der Waals surface area contributed by atoms with Crippen LogP contribution in [0.1, 0.15) is 101 Å². The molecule has 32 heavy (non-hydrogen) atoms. The summed E-state index contributed by atoms with van der Waals surface area (Å²) in [5.41, 5.74) is 0.585. The smallest absolute Gasteiger partial charge is 0.259 e. The Morgan fingerprint density at radius 1 is 0.844 bits per heavy atom. The van der Waals surface area contributed by atoms with Gasteiger partial charge < -0.3 is 31.9 Å². The van der Waals surface area contributed by atoms with Crippen LogP contribution in [0.4, 0.5) is 0 Å². The Labute approximate surface area is 201 Å². The Hall–Kier alpha value is -1.21. The SMILES string of the molecule is CCCCCCCCOCOCNC(=O)c1ccc[n+](COCCCCCCCC)c1.[Cl-]. The maximum atomic E-state index is 12.3. The van der Waals surface area contributed by atoms with Crippen LogP contribution in [-0.2, 0) is 20.9 Å². The van der Waals surface area contributed by atoms with Gasteiger partial charge in [0.2, 0.25) is 0 Å². The van der Waals surface area contributed by atoms with Crippen molar-refractivity contribution in [1.82, 2.24) is 5.32 Å². The number of unbranched alkanes of at least 4 members (excludes halogenated alkanes) is 10. The summed E-state index contributed by atoms with van der Waals surface area (Å²) in [5, 5.41) is 2.76. The van der Waals surface area contributed by atoms with E-state index in [1.165, 1.54) is 64.2 Å². The summed E-state index contributed by atoms with van der Waals surface area (Å²) in [7, 11) is 0. The van der Waals surface area contributed by atoms with Crippen molar-refractivity contribution in [3.05, 3.63) is 30.1 Å². The molecule has 0 saturated carbocycles. The molecule has 0 unspecified atom stereocenters. The van der Waals surface area contributed by atoms with Crippen LogP contribution in [0.5, 0.6) is 0 Å². The van der Waals surface area contributed by atoms with Crippen LogP contribution >= 0.6 is 0 Å². The average Bonchev–Trinajstić information content (AvgIpc) is 2.79. The molecule has 0 aromatic carbocycles. The number of rotatable bonds is 21. The number of nitrogens with zero attached hydrogens (tertiary/aromatic N) is 1. The van der Waals surface area contributed by atoms with Crippen LogP contribution in [-0.4, -0.2) is 32.6 Å². The molecule has 1 aromatic rings. The normalized spacial score (nSPS) is 10.7. The van der Waals surface area contributed by atoms with Crippen LogP contribution in [0.25, 0.3) is 0 Å². The predicted octanol–water partition coefficient (Wildman–Crippen LogP) is 2.35. The molecular formula is C25H45ClN2O4. The molecule has 0 saturated heterocycles. The molecule has 0 aliphatic heterocycles. The molecule has 0 atom stereocenters. The second-order valence-electron chi connectivity index (χ2n) is 8.06. The number of nitrogens with one attached hydrogen (secondary N) is 1. The monoisotopic (exact) mass is 472 g/mol. The Morgan fingerprint density at radius 2 is 1.44 bits per heavy atom. The lowest BCUT2D eigenvalue weighted by atomic mass is 10.1. The number of hydrogen-bond donors (Lipinski definition) is 1. The highest BCUT2D eigenvalue weighted by atomic mass is 35.5. The molecule has 0 fully saturated rings. The highest BCUT2D eigenvalue weighted by Crippen LogP contribution is 2.05. The summed E-state index contributed by atoms with van der Waals surface area (Å²) < 4.78 is 18.4. The van der Waals surface area contributed by atoms with Gasteiger partial charge in [-0.15, -0.1) is 0 Å². The summed E-state index contributed by atoms with van der Waals surface area (Å²) in [6.07, 6.45) is 18.6. The van der Waals surface area contributed by atoms with Crippen molar-refractivity contribution < 1.29 is 36.0 Å². The first kappa shape index (κ1) is 30.8. The predicted molar refractivity (Wildman–Crippen MR) is 124 cm³/mol. The zero-order valence-electron chi connectivity index (χ0n) is 20.3. The first-order valence-corrected chi connectivity index (χ1v) is 12.3. The van der Waals surface area contributed by atoms with Crippen molar-refractivity contribution >= 4 is 5.91 Å². The number of amides is 1. The third-order valence-corrected chi connectivity index (χ3v) is 5.15. The van der Waals surface area contributed by atoms with E-state index in [1.54, 1.807) is 12.3 Å². The summed E-state index contributed by atoms with van der Waals surface area (Å²) in [6, 6.07) is 3.64. The number of hydrogen-bond acceptors (Lipinski definition) is 4. The van der Waals surface area contributed by atoms with Gasteiger partial charge in [-0.3, -0.25) is 4.79 Å². The van der Waals surface area contributed by atoms with E-state index in [-0.39, 0.29) is 31.8 Å². The lowest BCUT2D eigenvalue weighted by Crippen LogP contribution is -3.00. The van der Waals surface area contributed by atoms with Gasteiger partial charge in [0.25, 0.3) is 12.6 Å². The van der Waals surface area contributed by atoms with E-state index in [1.807, 2.05) is 16.8 Å². The van der Waals surface area contributed by atoms with E-state index < -0.39 is 0 Å². The third kappa shape index (κ3) is 17.4. The number of pyridine rings is 1. The number of halogens is 1. The fourth-order valence-corrected chi connectivity index (χ4v) is 3.25. The maximum absolute atomic E-state index is 12.3. The number of aromatic nitrogens is 1. The molecule has 0 aliphatic carbocycles. The van der Waals surface area contributed by atoms with Crippen LogP contribution in [0, 0.1) is 0 Å². The van der Waals surface area contributed by atoms with Gasteiger partial charge in [-0.05, 0) is 18.9 Å². The summed E-state index contributed by atoms with van der Waals surface area (Å²) in [5.74, 6) is -0.166. The highest BCUT2D eigenvalue weighted by Gasteiger charge is 2.10. The first-order chi connectivity index (χ1) is 15.3. The summed E-state index contributed by atoms with van der Waals surface area (Å²) in [6.45, 7) is 6.71. The molecule has 1 amide bonds. The van der Waals surface area contributed by atoms with E-state index in [9.17, 15) is 4.79 Å². The summed E-state index contributed by atoms with van der Waals surface area (Å²) >= 11 is 0. The van der Waals surface area contributed by atoms with Crippen molar-refractivity contribution in [2.45, 2.75) is 97.6 Å². The molecule has 1 heterocycles. The zero-order chi connectivity index (χ0) is 22.4. The lowest BCUT2D eigenvalue weighted by molar-refractivity contribution is -0.732. The fraction of sp³-hybridized carbons (Fsp3) is 0.760. The van der Waals surface area contributed by atoms with Gasteiger partial charge in [0, 0.05) is 12.7 Å². The van der Waals surface area contributed by atoms with Crippen molar-refractivity contribution in [2.75, 3.05) is 26.7 Å². The molecule has 6 nitrogen and oxygen atoms in total. The standard InChI is InChI=1S/C25H44N2O4.ClH/c1-3-5-7-9-11-13-18-29-22-27-17-15-16-24(20-27)25(28)26-21-31-23-30-19-14-12-10-8-6-4-2;/h15-17,20H,3-14,18-19,21-23H2,1-2H3;1H. The molecule has 1 N–H and O–H groups in total. The van der Waals surface area contributed by atoms with Crippen molar-refractivity contribution in [2.24, 2.45) is 0 Å². The fourth-order valence-electron chi connectivity index (χ4n) is 3.25. The van der Waals surface area contributed by atoms with E-state index in [0.29, 0.717) is 18.9 Å². The van der Waals surface area contributed by atoms with Crippen LogP contribution in [0.2, 0.25) is 0 Å². The lowest BCUT2D eigenvalue weighted by Gasteiger charge is -2.07. The van der Waals surface area contributed by atoms with Gasteiger partial charge in [0.15, 0.2) is 12.4 Å². The molecule has 0 spiro atoms. The van der Waals surface area contributed by atoms with Crippen LogP contribution < -0.4 is 22.3 Å². The Balaban J connectivity index is 0.00000961. The molecule has 1 aromatic heterocycles. The second kappa shape index (κ2) is 23.0. The molecular weight excluding hydrogens is 428 g/mol. The molecule has 1 rings (SSSR count). The Bertz CT molecular complexity index is 560. The van der Waals surface area contributed by atoms with Gasteiger partial charge in [-0.2, -0.15) is 4.57 Å². The molecule has 186 valence electrons. The second-order valence-corrected chi connectivity index (χ2v) is 8.06. The van der Waals surface area contributed by atoms with Gasteiger partial charge in [0.1, 0.15) is 19.1 Å². The van der Waals surface area contributed by atoms with Crippen molar-refractivity contribution in [1.29, 1.82) is 0 Å². The minimum absolute atomic E-state index is 0. The molecule has 0 aliphatic rings. The quantitative estimate of drug-likeness (QED) is 0.169. The van der Waals surface area contributed by atoms with Crippen molar-refractivity contribution in [3.8, 4) is 0 Å². The number of carbonyl (C=O) groups is 1. The first-order valence-electron chi connectivity index (χ1n) is 12.3. The zero-order valence-corrected chi connectivity index (χ0v) is 21.0. The van der Waals surface area contributed by atoms with Crippen LogP contribution in [0.15, 0.2) is 24.5 Å². The van der Waals surface area contributed by atoms with Gasteiger partial charge in [-0.1, -0.05) is 78.1 Å². The van der Waals surface area contributed by atoms with Crippen molar-refractivity contribution in [3.63, 3.8) is 0 Å².